The number of imidazole rings is 1. The zero-order chi connectivity index (χ0) is 18.3. The number of nitrogens with two attached hydrogens (primary N) is 1. The van der Waals surface area contributed by atoms with Gasteiger partial charge in [0.15, 0.2) is 0 Å². The van der Waals surface area contributed by atoms with Crippen LogP contribution in [-0.2, 0) is 13.0 Å². The Kier molecular flexibility index (Phi) is 4.09. The van der Waals surface area contributed by atoms with Gasteiger partial charge >= 0.3 is 0 Å². The Hall–Kier alpha value is -2.92. The fraction of sp³-hybridized carbons (Fsp3) is 0.238. The molecule has 0 atom stereocenters. The van der Waals surface area contributed by atoms with Crippen molar-refractivity contribution in [2.24, 2.45) is 5.92 Å². The minimum atomic E-state index is -0.156. The van der Waals surface area contributed by atoms with Crippen LogP contribution in [0.1, 0.15) is 25.2 Å². The van der Waals surface area contributed by atoms with Gasteiger partial charge in [0.2, 0.25) is 0 Å². The summed E-state index contributed by atoms with van der Waals surface area (Å²) in [7, 11) is 0. The zero-order valence-corrected chi connectivity index (χ0v) is 15.0. The highest BCUT2D eigenvalue weighted by molar-refractivity contribution is 6.08. The molecule has 0 aliphatic carbocycles. The first kappa shape index (κ1) is 16.5. The summed E-state index contributed by atoms with van der Waals surface area (Å²) in [6.45, 7) is 4.25. The molecule has 0 spiro atoms. The molecule has 4 rings (SSSR count). The molecule has 132 valence electrons. The highest BCUT2D eigenvalue weighted by Crippen LogP contribution is 2.34. The standard InChI is InChI=1S/C21H22N4O/c1-12(2)8-15-9-14(13-6-4-3-5-7-13)10-16-18(15)19-20(21(22)23-16)25-17(11-26)24-19/h3-7,9-10,12,26H,8,11H2,1-2H3,(H2,22,23)(H,24,25). The Morgan fingerprint density at radius 1 is 1.08 bits per heavy atom. The molecule has 0 aliphatic rings. The Morgan fingerprint density at radius 3 is 2.54 bits per heavy atom. The number of aliphatic hydroxyl groups is 1. The molecule has 2 aromatic carbocycles. The van der Waals surface area contributed by atoms with E-state index in [1.807, 2.05) is 18.2 Å². The molecule has 4 aromatic rings. The number of hydrogen-bond donors (Lipinski definition) is 3. The van der Waals surface area contributed by atoms with E-state index >= 15 is 0 Å². The molecule has 5 nitrogen and oxygen atoms in total. The van der Waals surface area contributed by atoms with Gasteiger partial charge in [0.25, 0.3) is 0 Å². The van der Waals surface area contributed by atoms with E-state index in [9.17, 15) is 5.11 Å². The number of rotatable bonds is 4. The fourth-order valence-electron chi connectivity index (χ4n) is 3.49. The van der Waals surface area contributed by atoms with Crippen LogP contribution in [-0.4, -0.2) is 20.1 Å². The third-order valence-corrected chi connectivity index (χ3v) is 4.57. The van der Waals surface area contributed by atoms with Crippen molar-refractivity contribution in [1.29, 1.82) is 0 Å². The Balaban J connectivity index is 2.07. The first-order valence-corrected chi connectivity index (χ1v) is 8.83. The smallest absolute Gasteiger partial charge is 0.150 e. The average molecular weight is 346 g/mol. The van der Waals surface area contributed by atoms with Crippen LogP contribution < -0.4 is 5.73 Å². The summed E-state index contributed by atoms with van der Waals surface area (Å²) in [4.78, 5) is 12.3. The van der Waals surface area contributed by atoms with E-state index in [-0.39, 0.29) is 6.61 Å². The van der Waals surface area contributed by atoms with E-state index in [1.54, 1.807) is 0 Å². The maximum Gasteiger partial charge on any atom is 0.150 e. The Morgan fingerprint density at radius 2 is 1.85 bits per heavy atom. The lowest BCUT2D eigenvalue weighted by Crippen LogP contribution is -2.00. The molecule has 2 heterocycles. The lowest BCUT2D eigenvalue weighted by molar-refractivity contribution is 0.273. The number of nitrogens with zero attached hydrogens (tertiary/aromatic N) is 2. The normalized spacial score (nSPS) is 11.7. The molecular weight excluding hydrogens is 324 g/mol. The van der Waals surface area contributed by atoms with Crippen molar-refractivity contribution >= 4 is 27.8 Å². The summed E-state index contributed by atoms with van der Waals surface area (Å²) in [6, 6.07) is 14.6. The summed E-state index contributed by atoms with van der Waals surface area (Å²) in [6.07, 6.45) is 0.916. The van der Waals surface area contributed by atoms with E-state index in [1.165, 1.54) is 5.56 Å². The van der Waals surface area contributed by atoms with Crippen LogP contribution in [0.5, 0.6) is 0 Å². The maximum atomic E-state index is 9.45. The van der Waals surface area contributed by atoms with Crippen LogP contribution in [0.2, 0.25) is 0 Å². The van der Waals surface area contributed by atoms with Crippen LogP contribution >= 0.6 is 0 Å². The number of aromatic amines is 1. The molecule has 5 heteroatoms. The van der Waals surface area contributed by atoms with E-state index < -0.39 is 0 Å². The van der Waals surface area contributed by atoms with Gasteiger partial charge in [-0.3, -0.25) is 0 Å². The van der Waals surface area contributed by atoms with Gasteiger partial charge in [-0.25, -0.2) is 9.97 Å². The minimum Gasteiger partial charge on any atom is -0.388 e. The van der Waals surface area contributed by atoms with E-state index in [2.05, 4.69) is 53.1 Å². The molecule has 0 fully saturated rings. The molecule has 0 bridgehead atoms. The quantitative estimate of drug-likeness (QED) is 0.520. The largest absolute Gasteiger partial charge is 0.388 e. The average Bonchev–Trinajstić information content (AvgIpc) is 3.06. The second-order valence-electron chi connectivity index (χ2n) is 7.06. The second kappa shape index (κ2) is 6.42. The van der Waals surface area contributed by atoms with Crippen molar-refractivity contribution in [3.63, 3.8) is 0 Å². The van der Waals surface area contributed by atoms with E-state index in [4.69, 9.17) is 5.73 Å². The van der Waals surface area contributed by atoms with Crippen molar-refractivity contribution in [3.8, 4) is 11.1 Å². The van der Waals surface area contributed by atoms with Crippen molar-refractivity contribution in [1.82, 2.24) is 15.0 Å². The molecule has 0 unspecified atom stereocenters. The monoisotopic (exact) mass is 346 g/mol. The fourth-order valence-corrected chi connectivity index (χ4v) is 3.49. The second-order valence-corrected chi connectivity index (χ2v) is 7.06. The van der Waals surface area contributed by atoms with Crippen molar-refractivity contribution in [2.75, 3.05) is 5.73 Å². The van der Waals surface area contributed by atoms with Gasteiger partial charge in [-0.2, -0.15) is 0 Å². The van der Waals surface area contributed by atoms with Gasteiger partial charge in [0.1, 0.15) is 29.3 Å². The Bertz CT molecular complexity index is 1080. The lowest BCUT2D eigenvalue weighted by Gasteiger charge is -2.13. The maximum absolute atomic E-state index is 9.45. The molecule has 0 aliphatic heterocycles. The molecule has 0 radical (unpaired) electrons. The highest BCUT2D eigenvalue weighted by Gasteiger charge is 2.16. The van der Waals surface area contributed by atoms with Crippen LogP contribution in [0.3, 0.4) is 0 Å². The van der Waals surface area contributed by atoms with Crippen molar-refractivity contribution in [3.05, 3.63) is 53.9 Å². The summed E-state index contributed by atoms with van der Waals surface area (Å²) in [5.41, 5.74) is 12.0. The first-order valence-electron chi connectivity index (χ1n) is 8.83. The number of nitrogens with one attached hydrogen (secondary N) is 1. The first-order chi connectivity index (χ1) is 12.6. The highest BCUT2D eigenvalue weighted by atomic mass is 16.3. The number of aromatic nitrogens is 3. The number of anilines is 1. The number of hydrogen-bond acceptors (Lipinski definition) is 4. The predicted molar refractivity (Wildman–Crippen MR) is 106 cm³/mol. The molecule has 26 heavy (non-hydrogen) atoms. The van der Waals surface area contributed by atoms with Gasteiger partial charge in [0.05, 0.1) is 5.52 Å². The minimum absolute atomic E-state index is 0.156. The number of pyridine rings is 1. The number of H-pyrrole nitrogens is 1. The summed E-state index contributed by atoms with van der Waals surface area (Å²) >= 11 is 0. The number of benzene rings is 2. The van der Waals surface area contributed by atoms with Gasteiger partial charge in [-0.1, -0.05) is 50.2 Å². The van der Waals surface area contributed by atoms with Gasteiger partial charge < -0.3 is 15.8 Å². The van der Waals surface area contributed by atoms with Gasteiger partial charge in [-0.05, 0) is 35.1 Å². The molecule has 2 aromatic heterocycles. The van der Waals surface area contributed by atoms with Crippen LogP contribution in [0.25, 0.3) is 33.1 Å². The summed E-state index contributed by atoms with van der Waals surface area (Å²) in [5, 5.41) is 10.5. The molecule has 0 saturated heterocycles. The topological polar surface area (TPSA) is 87.8 Å². The van der Waals surface area contributed by atoms with E-state index in [0.717, 1.165) is 34.0 Å². The predicted octanol–water partition coefficient (Wildman–Crippen LogP) is 4.05. The van der Waals surface area contributed by atoms with Crippen LogP contribution in [0.4, 0.5) is 5.82 Å². The number of fused-ring (bicyclic) bond motifs is 3. The van der Waals surface area contributed by atoms with Crippen LogP contribution in [0, 0.1) is 5.92 Å². The Labute approximate surface area is 151 Å². The third-order valence-electron chi connectivity index (χ3n) is 4.57. The third kappa shape index (κ3) is 2.80. The van der Waals surface area contributed by atoms with Gasteiger partial charge in [-0.15, -0.1) is 0 Å². The molecule has 0 amide bonds. The van der Waals surface area contributed by atoms with Crippen LogP contribution in [0.15, 0.2) is 42.5 Å². The lowest BCUT2D eigenvalue weighted by atomic mass is 9.93. The molecular formula is C21H22N4O. The van der Waals surface area contributed by atoms with E-state index in [0.29, 0.717) is 23.1 Å². The zero-order valence-electron chi connectivity index (χ0n) is 15.0. The van der Waals surface area contributed by atoms with Crippen molar-refractivity contribution in [2.45, 2.75) is 26.9 Å². The van der Waals surface area contributed by atoms with Crippen molar-refractivity contribution < 1.29 is 5.11 Å². The number of nitrogen functional groups attached to an aromatic ring is 1. The summed E-state index contributed by atoms with van der Waals surface area (Å²) in [5.74, 6) is 1.40. The number of aliphatic hydroxyl groups excluding tert-OH is 1. The molecule has 0 saturated carbocycles. The van der Waals surface area contributed by atoms with Gasteiger partial charge in [0, 0.05) is 5.39 Å². The molecule has 4 N–H and O–H groups in total. The summed E-state index contributed by atoms with van der Waals surface area (Å²) < 4.78 is 0. The SMILES string of the molecule is CC(C)Cc1cc(-c2ccccc2)cc2nc(N)c3[nH]c(CO)nc3c12.